The average Bonchev–Trinajstić information content (AvgIpc) is 3.03. The zero-order valence-corrected chi connectivity index (χ0v) is 17.4. The van der Waals surface area contributed by atoms with Crippen molar-refractivity contribution in [3.63, 3.8) is 0 Å². The van der Waals surface area contributed by atoms with Crippen LogP contribution in [0.4, 0.5) is 0 Å². The fraction of sp³-hybridized carbons (Fsp3) is 0.375. The Balaban J connectivity index is 0.00000182. The topological polar surface area (TPSA) is 8.81 Å². The van der Waals surface area contributed by atoms with E-state index in [1.807, 2.05) is 0 Å². The highest BCUT2D eigenvalue weighted by molar-refractivity contribution is 5.45. The lowest BCUT2D eigenvalue weighted by Gasteiger charge is -2.21. The molecule has 3 rings (SSSR count). The first kappa shape index (κ1) is 23.0. The summed E-state index contributed by atoms with van der Waals surface area (Å²) in [6, 6.07) is 17.3. The Morgan fingerprint density at radius 2 is 1.26 bits per heavy atom. The van der Waals surface area contributed by atoms with Crippen LogP contribution in [0.1, 0.15) is 60.1 Å². The van der Waals surface area contributed by atoms with E-state index in [1.165, 1.54) is 22.5 Å². The van der Waals surface area contributed by atoms with Gasteiger partial charge in [0, 0.05) is 11.1 Å². The van der Waals surface area contributed by atoms with E-state index in [0.29, 0.717) is 0 Å². The summed E-state index contributed by atoms with van der Waals surface area (Å²) in [5, 5.41) is 0. The highest BCUT2D eigenvalue weighted by Crippen LogP contribution is 2.29. The highest BCUT2D eigenvalue weighted by Gasteiger charge is 2.24. The van der Waals surface area contributed by atoms with E-state index in [1.54, 1.807) is 0 Å². The number of para-hydroxylation sites is 2. The van der Waals surface area contributed by atoms with Gasteiger partial charge in [-0.15, -0.1) is 0 Å². The van der Waals surface area contributed by atoms with E-state index in [4.69, 9.17) is 0 Å². The van der Waals surface area contributed by atoms with Crippen molar-refractivity contribution in [3.05, 3.63) is 78.4 Å². The number of hydrogen-bond donors (Lipinski definition) is 0. The molecule has 0 aliphatic heterocycles. The number of rotatable bonds is 2. The number of benzene rings is 2. The Bertz CT molecular complexity index is 808. The molecule has 27 heavy (non-hydrogen) atoms. The predicted molar refractivity (Wildman–Crippen MR) is 111 cm³/mol. The van der Waals surface area contributed by atoms with E-state index in [0.717, 1.165) is 0 Å². The van der Waals surface area contributed by atoms with Gasteiger partial charge in [0.25, 0.3) is 6.33 Å². The zero-order chi connectivity index (χ0) is 18.2. The molecule has 2 nitrogen and oxygen atoms in total. The number of aromatic nitrogens is 2. The summed E-state index contributed by atoms with van der Waals surface area (Å²) in [6.07, 6.45) is 6.46. The minimum Gasteiger partial charge on any atom is -1.00 e. The molecule has 0 amide bonds. The number of halogens is 1. The van der Waals surface area contributed by atoms with Crippen LogP contribution in [0.15, 0.2) is 67.3 Å². The van der Waals surface area contributed by atoms with Crippen LogP contribution in [-0.2, 0) is 10.8 Å². The Hall–Kier alpha value is -2.06. The molecule has 0 unspecified atom stereocenters. The first-order valence-corrected chi connectivity index (χ1v) is 8.97. The molecule has 146 valence electrons. The molecule has 0 spiro atoms. The second kappa shape index (κ2) is 8.31. The van der Waals surface area contributed by atoms with Crippen molar-refractivity contribution in [2.45, 2.75) is 59.8 Å². The lowest BCUT2D eigenvalue weighted by molar-refractivity contribution is -0.595. The van der Waals surface area contributed by atoms with Crippen molar-refractivity contribution >= 4 is 0 Å². The van der Waals surface area contributed by atoms with Crippen LogP contribution >= 0.6 is 0 Å². The third-order valence-electron chi connectivity index (χ3n) is 4.62. The third kappa shape index (κ3) is 4.81. The molecule has 0 aliphatic rings. The van der Waals surface area contributed by atoms with Crippen LogP contribution in [-0.4, -0.2) is 4.57 Å². The first-order valence-electron chi connectivity index (χ1n) is 8.97. The van der Waals surface area contributed by atoms with E-state index < -0.39 is 0 Å². The molecular formula is C24H33ClN2. The number of hydrogen-bond acceptors (Lipinski definition) is 0. The molecule has 3 aromatic rings. The summed E-state index contributed by atoms with van der Waals surface area (Å²) >= 11 is 0. The monoisotopic (exact) mass is 384 g/mol. The first-order chi connectivity index (χ1) is 11.7. The van der Waals surface area contributed by atoms with Gasteiger partial charge in [0.2, 0.25) is 0 Å². The lowest BCUT2D eigenvalue weighted by Crippen LogP contribution is -3.00. The molecule has 0 atom stereocenters. The van der Waals surface area contributed by atoms with Gasteiger partial charge in [0.15, 0.2) is 0 Å². The Labute approximate surface area is 171 Å². The van der Waals surface area contributed by atoms with Gasteiger partial charge in [-0.25, -0.2) is 9.13 Å². The van der Waals surface area contributed by atoms with Crippen LogP contribution in [0.3, 0.4) is 0 Å². The second-order valence-electron chi connectivity index (χ2n) is 8.76. The van der Waals surface area contributed by atoms with E-state index >= 15 is 0 Å². The largest absolute Gasteiger partial charge is 1.00 e. The van der Waals surface area contributed by atoms with E-state index in [-0.39, 0.29) is 30.7 Å². The van der Waals surface area contributed by atoms with Gasteiger partial charge in [0.05, 0.1) is 0 Å². The maximum Gasteiger partial charge on any atom is 0.254 e. The van der Waals surface area contributed by atoms with Gasteiger partial charge in [-0.05, 0) is 23.0 Å². The zero-order valence-electron chi connectivity index (χ0n) is 16.6. The van der Waals surface area contributed by atoms with Crippen molar-refractivity contribution in [2.24, 2.45) is 0 Å². The van der Waals surface area contributed by atoms with Crippen molar-refractivity contribution < 1.29 is 17.0 Å². The molecule has 0 fully saturated rings. The van der Waals surface area contributed by atoms with Crippen molar-refractivity contribution in [1.82, 2.24) is 4.57 Å². The molecule has 0 saturated heterocycles. The Morgan fingerprint density at radius 3 is 1.85 bits per heavy atom. The summed E-state index contributed by atoms with van der Waals surface area (Å²) in [6.45, 7) is 13.6. The molecule has 2 aromatic carbocycles. The SMILES string of the molecule is C.CC(C)(C)c1ccccc1-n1cc[n+](-c2ccccc2C(C)(C)C)c1.[Cl-]. The van der Waals surface area contributed by atoms with Crippen molar-refractivity contribution in [3.8, 4) is 11.4 Å². The maximum absolute atomic E-state index is 2.26. The number of nitrogens with zero attached hydrogens (tertiary/aromatic N) is 2. The summed E-state index contributed by atoms with van der Waals surface area (Å²) in [5.74, 6) is 0. The molecule has 0 radical (unpaired) electrons. The summed E-state index contributed by atoms with van der Waals surface area (Å²) in [5.41, 5.74) is 5.39. The third-order valence-corrected chi connectivity index (χ3v) is 4.62. The summed E-state index contributed by atoms with van der Waals surface area (Å²) < 4.78 is 4.44. The lowest BCUT2D eigenvalue weighted by atomic mass is 9.85. The molecule has 3 heteroatoms. The second-order valence-corrected chi connectivity index (χ2v) is 8.76. The molecule has 1 heterocycles. The normalized spacial score (nSPS) is 11.5. The van der Waals surface area contributed by atoms with Gasteiger partial charge in [0.1, 0.15) is 23.8 Å². The Kier molecular flexibility index (Phi) is 7.07. The molecule has 0 bridgehead atoms. The smallest absolute Gasteiger partial charge is 0.254 e. The van der Waals surface area contributed by atoms with Crippen molar-refractivity contribution in [1.29, 1.82) is 0 Å². The molecule has 0 aliphatic carbocycles. The fourth-order valence-corrected chi connectivity index (χ4v) is 3.31. The average molecular weight is 385 g/mol. The van der Waals surface area contributed by atoms with Gasteiger partial charge in [-0.2, -0.15) is 0 Å². The standard InChI is InChI=1S/C23H29N2.CH4.ClH/c1-22(2,3)18-11-7-9-13-20(18)24-15-16-25(17-24)21-14-10-8-12-19(21)23(4,5)6;;/h7-17H,1-6H3;1H4;1H/q+1;;/p-1. The van der Waals surface area contributed by atoms with Crippen LogP contribution in [0.2, 0.25) is 0 Å². The highest BCUT2D eigenvalue weighted by atomic mass is 35.5. The van der Waals surface area contributed by atoms with Gasteiger partial charge < -0.3 is 12.4 Å². The molecule has 1 aromatic heterocycles. The Morgan fingerprint density at radius 1 is 0.741 bits per heavy atom. The van der Waals surface area contributed by atoms with Crippen LogP contribution in [0.25, 0.3) is 11.4 Å². The van der Waals surface area contributed by atoms with E-state index in [9.17, 15) is 0 Å². The minimum absolute atomic E-state index is 0. The van der Waals surface area contributed by atoms with Gasteiger partial charge >= 0.3 is 0 Å². The molecule has 0 saturated carbocycles. The molecular weight excluding hydrogens is 352 g/mol. The van der Waals surface area contributed by atoms with Crippen LogP contribution in [0, 0.1) is 0 Å². The quantitative estimate of drug-likeness (QED) is 0.600. The predicted octanol–water partition coefficient (Wildman–Crippen LogP) is 2.99. The van der Waals surface area contributed by atoms with Gasteiger partial charge in [-0.3, -0.25) is 0 Å². The molecule has 0 N–H and O–H groups in total. The van der Waals surface area contributed by atoms with Crippen LogP contribution < -0.4 is 17.0 Å². The summed E-state index contributed by atoms with van der Waals surface area (Å²) in [4.78, 5) is 0. The fourth-order valence-electron chi connectivity index (χ4n) is 3.31. The van der Waals surface area contributed by atoms with Crippen molar-refractivity contribution in [2.75, 3.05) is 0 Å². The summed E-state index contributed by atoms with van der Waals surface area (Å²) in [7, 11) is 0. The number of imidazole rings is 1. The maximum atomic E-state index is 2.26. The minimum atomic E-state index is 0. The van der Waals surface area contributed by atoms with Crippen LogP contribution in [0.5, 0.6) is 0 Å². The van der Waals surface area contributed by atoms with E-state index in [2.05, 4.69) is 118 Å². The van der Waals surface area contributed by atoms with Gasteiger partial charge in [-0.1, -0.05) is 85.4 Å².